The fourth-order valence-electron chi connectivity index (χ4n) is 1.89. The van der Waals surface area contributed by atoms with Gasteiger partial charge in [-0.15, -0.1) is 0 Å². The second-order valence-electron chi connectivity index (χ2n) is 4.33. The number of aromatic nitrogens is 2. The van der Waals surface area contributed by atoms with Crippen molar-refractivity contribution in [2.45, 2.75) is 26.3 Å². The lowest BCUT2D eigenvalue weighted by Crippen LogP contribution is -2.19. The lowest BCUT2D eigenvalue weighted by atomic mass is 10.1. The highest BCUT2D eigenvalue weighted by Crippen LogP contribution is 2.19. The first-order valence-electron chi connectivity index (χ1n) is 5.97. The molecule has 4 nitrogen and oxygen atoms in total. The van der Waals surface area contributed by atoms with Crippen LogP contribution in [-0.4, -0.2) is 23.1 Å². The number of nitrogens with zero attached hydrogens (tertiary/aromatic N) is 2. The van der Waals surface area contributed by atoms with Crippen LogP contribution in [0.3, 0.4) is 0 Å². The van der Waals surface area contributed by atoms with Gasteiger partial charge >= 0.3 is 0 Å². The Balaban J connectivity index is 2.05. The van der Waals surface area contributed by atoms with Crippen molar-refractivity contribution in [3.63, 3.8) is 0 Å². The zero-order valence-electron chi connectivity index (χ0n) is 10.9. The largest absolute Gasteiger partial charge is 0.373 e. The van der Waals surface area contributed by atoms with Gasteiger partial charge in [0.25, 0.3) is 0 Å². The van der Waals surface area contributed by atoms with Gasteiger partial charge in [-0.25, -0.2) is 9.97 Å². The minimum atomic E-state index is 0.345. The van der Waals surface area contributed by atoms with E-state index in [1.54, 1.807) is 17.7 Å². The van der Waals surface area contributed by atoms with E-state index in [2.05, 4.69) is 44.4 Å². The number of anilines is 2. The van der Waals surface area contributed by atoms with Crippen LogP contribution in [0.15, 0.2) is 23.2 Å². The van der Waals surface area contributed by atoms with Crippen molar-refractivity contribution in [3.05, 3.63) is 34.3 Å². The van der Waals surface area contributed by atoms with E-state index >= 15 is 0 Å². The van der Waals surface area contributed by atoms with Crippen molar-refractivity contribution in [2.24, 2.45) is 0 Å². The molecular formula is C13H18N4S. The molecule has 0 amide bonds. The number of hydrogen-bond donors (Lipinski definition) is 2. The fraction of sp³-hybridized carbons (Fsp3) is 0.385. The quantitative estimate of drug-likeness (QED) is 0.870. The molecule has 2 heterocycles. The highest BCUT2D eigenvalue weighted by Gasteiger charge is 2.09. The molecule has 0 fully saturated rings. The minimum absolute atomic E-state index is 0.345. The molecule has 0 spiro atoms. The highest BCUT2D eigenvalue weighted by molar-refractivity contribution is 7.07. The Labute approximate surface area is 111 Å². The molecule has 96 valence electrons. The lowest BCUT2D eigenvalue weighted by Gasteiger charge is -2.16. The van der Waals surface area contributed by atoms with E-state index in [4.69, 9.17) is 0 Å². The molecule has 0 radical (unpaired) electrons. The molecule has 0 aliphatic rings. The van der Waals surface area contributed by atoms with Gasteiger partial charge in [0.15, 0.2) is 0 Å². The van der Waals surface area contributed by atoms with E-state index in [0.717, 1.165) is 23.6 Å². The molecule has 0 bridgehead atoms. The SMILES string of the molecule is CNc1ncnc(NC(C)Cc2ccsc2)c1C. The van der Waals surface area contributed by atoms with Gasteiger partial charge < -0.3 is 10.6 Å². The maximum atomic E-state index is 4.30. The zero-order valence-corrected chi connectivity index (χ0v) is 11.7. The fourth-order valence-corrected chi connectivity index (χ4v) is 2.58. The molecular weight excluding hydrogens is 244 g/mol. The van der Waals surface area contributed by atoms with Crippen LogP contribution in [0.1, 0.15) is 18.1 Å². The van der Waals surface area contributed by atoms with Crippen LogP contribution >= 0.6 is 11.3 Å². The smallest absolute Gasteiger partial charge is 0.134 e. The normalized spacial score (nSPS) is 12.2. The van der Waals surface area contributed by atoms with E-state index in [1.165, 1.54) is 5.56 Å². The summed E-state index contributed by atoms with van der Waals surface area (Å²) in [5.74, 6) is 1.77. The molecule has 0 aromatic carbocycles. The number of rotatable bonds is 5. The van der Waals surface area contributed by atoms with Gasteiger partial charge in [-0.3, -0.25) is 0 Å². The zero-order chi connectivity index (χ0) is 13.0. The summed E-state index contributed by atoms with van der Waals surface area (Å²) < 4.78 is 0. The van der Waals surface area contributed by atoms with Gasteiger partial charge in [0.1, 0.15) is 18.0 Å². The highest BCUT2D eigenvalue weighted by atomic mass is 32.1. The molecule has 1 unspecified atom stereocenters. The van der Waals surface area contributed by atoms with Gasteiger partial charge in [0, 0.05) is 18.7 Å². The Kier molecular flexibility index (Phi) is 4.15. The van der Waals surface area contributed by atoms with Crippen LogP contribution in [0.4, 0.5) is 11.6 Å². The van der Waals surface area contributed by atoms with Crippen LogP contribution in [0.2, 0.25) is 0 Å². The van der Waals surface area contributed by atoms with E-state index in [9.17, 15) is 0 Å². The summed E-state index contributed by atoms with van der Waals surface area (Å²) >= 11 is 1.73. The average Bonchev–Trinajstić information content (AvgIpc) is 2.84. The van der Waals surface area contributed by atoms with Crippen molar-refractivity contribution in [1.29, 1.82) is 0 Å². The molecule has 2 rings (SSSR count). The van der Waals surface area contributed by atoms with Gasteiger partial charge in [0.05, 0.1) is 0 Å². The van der Waals surface area contributed by atoms with Crippen molar-refractivity contribution in [2.75, 3.05) is 17.7 Å². The summed E-state index contributed by atoms with van der Waals surface area (Å²) in [6.45, 7) is 4.18. The Morgan fingerprint density at radius 2 is 2.11 bits per heavy atom. The van der Waals surface area contributed by atoms with E-state index < -0.39 is 0 Å². The Morgan fingerprint density at radius 3 is 2.78 bits per heavy atom. The second-order valence-corrected chi connectivity index (χ2v) is 5.11. The van der Waals surface area contributed by atoms with Crippen molar-refractivity contribution in [3.8, 4) is 0 Å². The molecule has 0 saturated heterocycles. The number of thiophene rings is 1. The molecule has 0 saturated carbocycles. The standard InChI is InChI=1S/C13H18N4S/c1-9(6-11-4-5-18-7-11)17-13-10(2)12(14-3)15-8-16-13/h4-5,7-9H,6H2,1-3H3,(H2,14,15,16,17). The predicted octanol–water partition coefficient (Wildman–Crippen LogP) is 2.93. The van der Waals surface area contributed by atoms with Gasteiger partial charge in [-0.05, 0) is 42.7 Å². The summed E-state index contributed by atoms with van der Waals surface area (Å²) in [5.41, 5.74) is 2.41. The third-order valence-electron chi connectivity index (χ3n) is 2.83. The maximum Gasteiger partial charge on any atom is 0.134 e. The molecule has 1 atom stereocenters. The Hall–Kier alpha value is -1.62. The third-order valence-corrected chi connectivity index (χ3v) is 3.56. The first-order chi connectivity index (χ1) is 8.70. The molecule has 0 aliphatic heterocycles. The molecule has 2 N–H and O–H groups in total. The topological polar surface area (TPSA) is 49.8 Å². The first-order valence-corrected chi connectivity index (χ1v) is 6.92. The predicted molar refractivity (Wildman–Crippen MR) is 77.4 cm³/mol. The van der Waals surface area contributed by atoms with E-state index in [-0.39, 0.29) is 0 Å². The van der Waals surface area contributed by atoms with Crippen LogP contribution < -0.4 is 10.6 Å². The van der Waals surface area contributed by atoms with Crippen LogP contribution in [0, 0.1) is 6.92 Å². The number of hydrogen-bond acceptors (Lipinski definition) is 5. The summed E-state index contributed by atoms with van der Waals surface area (Å²) in [6.07, 6.45) is 2.58. The molecule has 18 heavy (non-hydrogen) atoms. The van der Waals surface area contributed by atoms with Crippen molar-refractivity contribution in [1.82, 2.24) is 9.97 Å². The molecule has 2 aromatic rings. The monoisotopic (exact) mass is 262 g/mol. The lowest BCUT2D eigenvalue weighted by molar-refractivity contribution is 0.784. The van der Waals surface area contributed by atoms with E-state index in [0.29, 0.717) is 6.04 Å². The molecule has 2 aromatic heterocycles. The average molecular weight is 262 g/mol. The number of nitrogens with one attached hydrogen (secondary N) is 2. The van der Waals surface area contributed by atoms with Gasteiger partial charge in [-0.1, -0.05) is 0 Å². The van der Waals surface area contributed by atoms with Crippen LogP contribution in [0.5, 0.6) is 0 Å². The summed E-state index contributed by atoms with van der Waals surface area (Å²) in [5, 5.41) is 10.8. The first kappa shape index (κ1) is 12.8. The van der Waals surface area contributed by atoms with Crippen LogP contribution in [-0.2, 0) is 6.42 Å². The summed E-state index contributed by atoms with van der Waals surface area (Å²) in [4.78, 5) is 8.48. The minimum Gasteiger partial charge on any atom is -0.373 e. The maximum absolute atomic E-state index is 4.30. The van der Waals surface area contributed by atoms with Crippen molar-refractivity contribution < 1.29 is 0 Å². The second kappa shape index (κ2) is 5.82. The third kappa shape index (κ3) is 2.98. The van der Waals surface area contributed by atoms with E-state index in [1.807, 2.05) is 14.0 Å². The van der Waals surface area contributed by atoms with Crippen LogP contribution in [0.25, 0.3) is 0 Å². The molecule has 0 aliphatic carbocycles. The summed E-state index contributed by atoms with van der Waals surface area (Å²) in [7, 11) is 1.87. The Bertz CT molecular complexity index is 496. The summed E-state index contributed by atoms with van der Waals surface area (Å²) in [6, 6.07) is 2.51. The molecule has 5 heteroatoms. The van der Waals surface area contributed by atoms with Gasteiger partial charge in [0.2, 0.25) is 0 Å². The Morgan fingerprint density at radius 1 is 1.33 bits per heavy atom. The van der Waals surface area contributed by atoms with Crippen molar-refractivity contribution >= 4 is 23.0 Å². The van der Waals surface area contributed by atoms with Gasteiger partial charge in [-0.2, -0.15) is 11.3 Å².